The minimum Gasteiger partial charge on any atom is -0.479 e. The summed E-state index contributed by atoms with van der Waals surface area (Å²) in [7, 11) is 3.34. The lowest BCUT2D eigenvalue weighted by atomic mass is 9.93. The number of carbonyl (C=O) groups excluding carboxylic acids is 2. The number of carbonyl (C=O) groups is 3. The van der Waals surface area contributed by atoms with Crippen LogP contribution in [0.1, 0.15) is 34.1 Å². The maximum atomic E-state index is 12.6. The number of nitrogens with one attached hydrogen (secondary N) is 1. The first-order chi connectivity index (χ1) is 12.0. The van der Waals surface area contributed by atoms with Crippen molar-refractivity contribution in [3.05, 3.63) is 0 Å². The smallest absolute Gasteiger partial charge is 0.344 e. The lowest BCUT2D eigenvalue weighted by Crippen LogP contribution is -2.56. The number of carboxylic acids is 1. The molecule has 0 spiro atoms. The van der Waals surface area contributed by atoms with E-state index in [0.717, 1.165) is 0 Å². The van der Waals surface area contributed by atoms with Crippen LogP contribution in [0.25, 0.3) is 0 Å². The molecule has 9 heteroatoms. The van der Waals surface area contributed by atoms with Crippen molar-refractivity contribution in [2.45, 2.75) is 52.3 Å². The molecule has 26 heavy (non-hydrogen) atoms. The van der Waals surface area contributed by atoms with Gasteiger partial charge in [-0.15, -0.1) is 0 Å². The van der Waals surface area contributed by atoms with Crippen molar-refractivity contribution < 1.29 is 29.4 Å². The number of ketones is 1. The van der Waals surface area contributed by atoms with E-state index in [4.69, 9.17) is 5.11 Å². The van der Waals surface area contributed by atoms with E-state index in [0.29, 0.717) is 6.42 Å². The lowest BCUT2D eigenvalue weighted by molar-refractivity contribution is -0.142. The van der Waals surface area contributed by atoms with Crippen molar-refractivity contribution in [3.8, 4) is 0 Å². The summed E-state index contributed by atoms with van der Waals surface area (Å²) in [5, 5.41) is 25.2. The molecule has 4 atom stereocenters. The first-order valence-electron chi connectivity index (χ1n) is 8.49. The molecule has 0 aromatic carbocycles. The number of aliphatic hydroxyl groups is 1. The van der Waals surface area contributed by atoms with Crippen LogP contribution < -0.4 is 5.32 Å². The van der Waals surface area contributed by atoms with E-state index in [2.05, 4.69) is 15.3 Å². The molecule has 0 fully saturated rings. The molecule has 0 aromatic heterocycles. The maximum Gasteiger partial charge on any atom is 0.344 e. The Bertz CT molecular complexity index is 507. The Kier molecular flexibility index (Phi) is 10.7. The Morgan fingerprint density at radius 3 is 2.23 bits per heavy atom. The molecule has 0 saturated heterocycles. The molecule has 9 nitrogen and oxygen atoms in total. The van der Waals surface area contributed by atoms with Crippen molar-refractivity contribution in [1.29, 1.82) is 0 Å². The quantitative estimate of drug-likeness (QED) is 0.327. The molecule has 0 aromatic rings. The van der Waals surface area contributed by atoms with Gasteiger partial charge in [0.1, 0.15) is 6.04 Å². The molecule has 150 valence electrons. The molecule has 0 aliphatic carbocycles. The van der Waals surface area contributed by atoms with Gasteiger partial charge in [-0.2, -0.15) is 0 Å². The van der Waals surface area contributed by atoms with E-state index in [1.54, 1.807) is 25.9 Å². The van der Waals surface area contributed by atoms with Gasteiger partial charge in [0.15, 0.2) is 5.78 Å². The molecule has 0 unspecified atom stereocenters. The summed E-state index contributed by atoms with van der Waals surface area (Å²) in [6.07, 6.45) is 0.628. The summed E-state index contributed by atoms with van der Waals surface area (Å²) in [4.78, 5) is 40.8. The minimum atomic E-state index is -1.13. The van der Waals surface area contributed by atoms with Crippen molar-refractivity contribution in [1.82, 2.24) is 10.2 Å². The fourth-order valence-electron chi connectivity index (χ4n) is 2.48. The van der Waals surface area contributed by atoms with Crippen LogP contribution in [-0.4, -0.2) is 77.9 Å². The normalized spacial score (nSPS) is 16.3. The molecule has 0 aliphatic rings. The average molecular weight is 373 g/mol. The van der Waals surface area contributed by atoms with E-state index in [-0.39, 0.29) is 17.6 Å². The molecular formula is C17H31N3O6. The zero-order valence-corrected chi connectivity index (χ0v) is 16.3. The van der Waals surface area contributed by atoms with E-state index in [1.807, 2.05) is 13.8 Å². The van der Waals surface area contributed by atoms with Gasteiger partial charge in [0.2, 0.25) is 12.5 Å². The number of aliphatic hydroxyl groups excluding tert-OH is 1. The van der Waals surface area contributed by atoms with Crippen molar-refractivity contribution >= 4 is 23.9 Å². The first kappa shape index (κ1) is 24.0. The SMILES string of the molecule is CC(=O)[C@H](NC(=O)[C@@H]([C@H](O)[C@H](C)C/C=N/OCC(=O)O)N(C)C)C(C)C. The van der Waals surface area contributed by atoms with Gasteiger partial charge in [0, 0.05) is 6.21 Å². The van der Waals surface area contributed by atoms with Gasteiger partial charge in [-0.05, 0) is 39.3 Å². The molecule has 0 saturated carbocycles. The van der Waals surface area contributed by atoms with Crippen LogP contribution in [0.4, 0.5) is 0 Å². The number of rotatable bonds is 12. The van der Waals surface area contributed by atoms with Crippen LogP contribution in [0.2, 0.25) is 0 Å². The van der Waals surface area contributed by atoms with Gasteiger partial charge in [-0.3, -0.25) is 14.5 Å². The molecule has 3 N–H and O–H groups in total. The number of oxime groups is 1. The third kappa shape index (κ3) is 8.39. The Morgan fingerprint density at radius 2 is 1.81 bits per heavy atom. The van der Waals surface area contributed by atoms with Crippen LogP contribution in [0.5, 0.6) is 0 Å². The van der Waals surface area contributed by atoms with Gasteiger partial charge in [-0.1, -0.05) is 25.9 Å². The predicted molar refractivity (Wildman–Crippen MR) is 96.8 cm³/mol. The molecule has 0 aliphatic heterocycles. The Labute approximate surface area is 154 Å². The lowest BCUT2D eigenvalue weighted by Gasteiger charge is -2.32. The zero-order valence-electron chi connectivity index (χ0n) is 16.3. The highest BCUT2D eigenvalue weighted by Crippen LogP contribution is 2.15. The van der Waals surface area contributed by atoms with Gasteiger partial charge < -0.3 is 20.4 Å². The summed E-state index contributed by atoms with van der Waals surface area (Å²) >= 11 is 0. The standard InChI is InChI=1S/C17H31N3O6/c1-10(2)14(12(4)21)19-17(25)15(20(5)6)16(24)11(3)7-8-18-26-9-13(22)23/h8,10-11,14-16,24H,7,9H2,1-6H3,(H,19,25)(H,22,23)/b18-8+/t11-,14-,15-,16-/m1/s1. The van der Waals surface area contributed by atoms with Crippen molar-refractivity contribution in [2.75, 3.05) is 20.7 Å². The molecule has 0 radical (unpaired) electrons. The van der Waals surface area contributed by atoms with Gasteiger partial charge in [0.05, 0.1) is 12.1 Å². The largest absolute Gasteiger partial charge is 0.479 e. The van der Waals surface area contributed by atoms with E-state index in [9.17, 15) is 19.5 Å². The number of likely N-dealkylation sites (N-methyl/N-ethyl adjacent to an activating group) is 1. The second-order valence-corrected chi connectivity index (χ2v) is 6.91. The summed E-state index contributed by atoms with van der Waals surface area (Å²) < 4.78 is 0. The topological polar surface area (TPSA) is 129 Å². The van der Waals surface area contributed by atoms with Crippen LogP contribution >= 0.6 is 0 Å². The highest BCUT2D eigenvalue weighted by Gasteiger charge is 2.34. The average Bonchev–Trinajstić information content (AvgIpc) is 2.50. The van der Waals surface area contributed by atoms with Crippen LogP contribution in [0, 0.1) is 11.8 Å². The summed E-state index contributed by atoms with van der Waals surface area (Å²) in [5.74, 6) is -2.12. The number of carboxylic acid groups (broad SMARTS) is 1. The Hall–Kier alpha value is -2.00. The van der Waals surface area contributed by atoms with Gasteiger partial charge in [-0.25, -0.2) is 4.79 Å². The molecule has 0 rings (SSSR count). The number of Topliss-reactive ketones (excluding diaryl/α,β-unsaturated/α-hetero) is 1. The fourth-order valence-corrected chi connectivity index (χ4v) is 2.48. The van der Waals surface area contributed by atoms with E-state index in [1.165, 1.54) is 13.1 Å². The second kappa shape index (κ2) is 11.6. The van der Waals surface area contributed by atoms with Gasteiger partial charge in [0.25, 0.3) is 0 Å². The van der Waals surface area contributed by atoms with Crippen LogP contribution in [0.3, 0.4) is 0 Å². The Morgan fingerprint density at radius 1 is 1.23 bits per heavy atom. The minimum absolute atomic E-state index is 0.0626. The summed E-state index contributed by atoms with van der Waals surface area (Å²) in [6, 6.07) is -1.46. The number of amides is 1. The first-order valence-corrected chi connectivity index (χ1v) is 8.49. The molecule has 0 heterocycles. The number of aliphatic carboxylic acids is 1. The van der Waals surface area contributed by atoms with Crippen LogP contribution in [-0.2, 0) is 19.2 Å². The highest BCUT2D eigenvalue weighted by atomic mass is 16.6. The van der Waals surface area contributed by atoms with Crippen molar-refractivity contribution in [3.63, 3.8) is 0 Å². The molecule has 1 amide bonds. The third-order valence-electron chi connectivity index (χ3n) is 3.95. The molecule has 0 bridgehead atoms. The number of hydrogen-bond donors (Lipinski definition) is 3. The van der Waals surface area contributed by atoms with E-state index >= 15 is 0 Å². The third-order valence-corrected chi connectivity index (χ3v) is 3.95. The monoisotopic (exact) mass is 373 g/mol. The Balaban J connectivity index is 4.92. The molecular weight excluding hydrogens is 342 g/mol. The van der Waals surface area contributed by atoms with Crippen molar-refractivity contribution in [2.24, 2.45) is 17.0 Å². The van der Waals surface area contributed by atoms with E-state index < -0.39 is 36.7 Å². The zero-order chi connectivity index (χ0) is 20.4. The maximum absolute atomic E-state index is 12.6. The second-order valence-electron chi connectivity index (χ2n) is 6.91. The summed E-state index contributed by atoms with van der Waals surface area (Å²) in [5.41, 5.74) is 0. The van der Waals surface area contributed by atoms with Gasteiger partial charge >= 0.3 is 5.97 Å². The van der Waals surface area contributed by atoms with Crippen LogP contribution in [0.15, 0.2) is 5.16 Å². The predicted octanol–water partition coefficient (Wildman–Crippen LogP) is 0.121. The highest BCUT2D eigenvalue weighted by molar-refractivity contribution is 5.90. The number of hydrogen-bond acceptors (Lipinski definition) is 7. The number of nitrogens with zero attached hydrogens (tertiary/aromatic N) is 2. The fraction of sp³-hybridized carbons (Fsp3) is 0.765. The summed E-state index contributed by atoms with van der Waals surface area (Å²) in [6.45, 7) is 6.29.